The van der Waals surface area contributed by atoms with Crippen molar-refractivity contribution < 1.29 is 32.6 Å². The Balaban J connectivity index is 1.62. The normalized spacial score (nSPS) is 15.0. The van der Waals surface area contributed by atoms with E-state index in [1.165, 1.54) is 20.3 Å². The molecule has 0 saturated heterocycles. The van der Waals surface area contributed by atoms with Gasteiger partial charge in [-0.05, 0) is 47.7 Å². The van der Waals surface area contributed by atoms with E-state index in [-0.39, 0.29) is 35.1 Å². The molecule has 1 N–H and O–H groups in total. The van der Waals surface area contributed by atoms with Gasteiger partial charge in [-0.2, -0.15) is 4.73 Å². The number of carbonyl (C=O) groups excluding carboxylic acids is 2. The van der Waals surface area contributed by atoms with E-state index < -0.39 is 29.1 Å². The minimum Gasteiger partial charge on any atom is -0.618 e. The van der Waals surface area contributed by atoms with Gasteiger partial charge in [-0.3, -0.25) is 9.59 Å². The molecule has 43 heavy (non-hydrogen) atoms. The Kier molecular flexibility index (Phi) is 8.92. The molecule has 5 rings (SSSR count). The van der Waals surface area contributed by atoms with Crippen LogP contribution in [0, 0.1) is 16.8 Å². The Morgan fingerprint density at radius 1 is 1.07 bits per heavy atom. The third-order valence-corrected chi connectivity index (χ3v) is 7.91. The maximum atomic E-state index is 14.9. The van der Waals surface area contributed by atoms with Gasteiger partial charge in [0.25, 0.3) is 0 Å². The topological polar surface area (TPSA) is 91.6 Å². The second kappa shape index (κ2) is 12.8. The number of aromatic nitrogens is 1. The number of rotatable bonds is 5. The molecule has 0 spiro atoms. The lowest BCUT2D eigenvalue weighted by Crippen LogP contribution is -2.34. The second-order valence-corrected chi connectivity index (χ2v) is 10.7. The number of amides is 1. The van der Waals surface area contributed by atoms with E-state index in [4.69, 9.17) is 21.1 Å². The summed E-state index contributed by atoms with van der Waals surface area (Å²) in [6, 6.07) is 16.7. The molecule has 1 aliphatic rings. The number of anilines is 1. The van der Waals surface area contributed by atoms with Crippen LogP contribution in [0.15, 0.2) is 66.9 Å². The average molecular weight is 607 g/mol. The number of fused-ring (bicyclic) bond motifs is 4. The molecule has 2 heterocycles. The van der Waals surface area contributed by atoms with Crippen LogP contribution in [0.5, 0.6) is 5.75 Å². The molecule has 1 atom stereocenters. The van der Waals surface area contributed by atoms with Crippen molar-refractivity contribution in [3.8, 4) is 28.0 Å². The first-order chi connectivity index (χ1) is 20.7. The van der Waals surface area contributed by atoms with Crippen molar-refractivity contribution >= 4 is 29.2 Å². The van der Waals surface area contributed by atoms with Gasteiger partial charge < -0.3 is 20.0 Å². The van der Waals surface area contributed by atoms with E-state index in [1.807, 2.05) is 30.3 Å². The number of nitrogens with one attached hydrogen (secondary N) is 1. The largest absolute Gasteiger partial charge is 0.618 e. The molecular formula is C33H29ClF2N2O5. The Bertz CT molecular complexity index is 1710. The summed E-state index contributed by atoms with van der Waals surface area (Å²) < 4.78 is 40.6. The maximum Gasteiger partial charge on any atom is 0.309 e. The van der Waals surface area contributed by atoms with Gasteiger partial charge in [-0.15, -0.1) is 0 Å². The third-order valence-electron chi connectivity index (χ3n) is 7.62. The molecule has 1 amide bonds. The Labute approximate surface area is 252 Å². The van der Waals surface area contributed by atoms with Gasteiger partial charge in [0.2, 0.25) is 11.6 Å². The number of pyridine rings is 1. The number of benzene rings is 3. The molecule has 1 aromatic heterocycles. The van der Waals surface area contributed by atoms with E-state index in [0.717, 1.165) is 35.0 Å². The van der Waals surface area contributed by atoms with Gasteiger partial charge >= 0.3 is 5.97 Å². The third kappa shape index (κ3) is 6.32. The number of hydrogen-bond acceptors (Lipinski definition) is 5. The second-order valence-electron chi connectivity index (χ2n) is 10.3. The molecule has 0 saturated carbocycles. The smallest absolute Gasteiger partial charge is 0.309 e. The SMILES string of the molecule is COC(=O)Cc1ccc2c(c1)NC(=O)CCCCC(c1cc(OC)c(-c3c(F)ccc(Cl)c3F)c[n+]1[O-])c1cccc-2c1. The molecule has 0 fully saturated rings. The van der Waals surface area contributed by atoms with Gasteiger partial charge in [-0.25, -0.2) is 8.78 Å². The summed E-state index contributed by atoms with van der Waals surface area (Å²) in [6.45, 7) is 0. The summed E-state index contributed by atoms with van der Waals surface area (Å²) in [5.74, 6) is -2.72. The summed E-state index contributed by atoms with van der Waals surface area (Å²) in [7, 11) is 2.69. The Morgan fingerprint density at radius 2 is 1.88 bits per heavy atom. The zero-order chi connectivity index (χ0) is 30.7. The number of halogens is 3. The fraction of sp³-hybridized carbons (Fsp3) is 0.242. The highest BCUT2D eigenvalue weighted by molar-refractivity contribution is 6.31. The highest BCUT2D eigenvalue weighted by atomic mass is 35.5. The molecule has 222 valence electrons. The molecule has 1 aliphatic heterocycles. The summed E-state index contributed by atoms with van der Waals surface area (Å²) in [5.41, 5.74) is 3.47. The maximum absolute atomic E-state index is 14.9. The van der Waals surface area contributed by atoms with Crippen molar-refractivity contribution in [3.05, 3.63) is 106 Å². The van der Waals surface area contributed by atoms with Gasteiger partial charge in [0, 0.05) is 17.7 Å². The highest BCUT2D eigenvalue weighted by Crippen LogP contribution is 2.40. The fourth-order valence-corrected chi connectivity index (χ4v) is 5.62. The van der Waals surface area contributed by atoms with Crippen molar-refractivity contribution in [2.45, 2.75) is 38.0 Å². The number of ether oxygens (including phenoxy) is 2. The van der Waals surface area contributed by atoms with Crippen molar-refractivity contribution in [3.63, 3.8) is 0 Å². The zero-order valence-corrected chi connectivity index (χ0v) is 24.3. The van der Waals surface area contributed by atoms with Crippen LogP contribution in [0.4, 0.5) is 14.5 Å². The first-order valence-corrected chi connectivity index (χ1v) is 14.1. The van der Waals surface area contributed by atoms with Crippen LogP contribution in [0.25, 0.3) is 22.3 Å². The van der Waals surface area contributed by atoms with Gasteiger partial charge in [-0.1, -0.05) is 54.4 Å². The fourth-order valence-electron chi connectivity index (χ4n) is 5.47. The molecule has 2 bridgehead atoms. The summed E-state index contributed by atoms with van der Waals surface area (Å²) in [6.07, 6.45) is 3.15. The minimum atomic E-state index is -0.988. The van der Waals surface area contributed by atoms with E-state index in [0.29, 0.717) is 40.9 Å². The van der Waals surface area contributed by atoms with Gasteiger partial charge in [0.1, 0.15) is 11.6 Å². The van der Waals surface area contributed by atoms with Crippen molar-refractivity contribution in [1.82, 2.24) is 0 Å². The predicted octanol–water partition coefficient (Wildman–Crippen LogP) is 6.95. The van der Waals surface area contributed by atoms with Crippen LogP contribution < -0.4 is 14.8 Å². The predicted molar refractivity (Wildman–Crippen MR) is 159 cm³/mol. The molecular weight excluding hydrogens is 578 g/mol. The average Bonchev–Trinajstić information content (AvgIpc) is 2.99. The van der Waals surface area contributed by atoms with Crippen LogP contribution in [-0.2, 0) is 20.7 Å². The Hall–Kier alpha value is -4.50. The van der Waals surface area contributed by atoms with Crippen LogP contribution in [0.2, 0.25) is 5.02 Å². The Morgan fingerprint density at radius 3 is 2.65 bits per heavy atom. The molecule has 0 aliphatic carbocycles. The van der Waals surface area contributed by atoms with E-state index >= 15 is 0 Å². The number of nitrogens with zero attached hydrogens (tertiary/aromatic N) is 1. The summed E-state index contributed by atoms with van der Waals surface area (Å²) >= 11 is 5.92. The molecule has 1 unspecified atom stereocenters. The van der Waals surface area contributed by atoms with E-state index in [9.17, 15) is 23.6 Å². The first kappa shape index (κ1) is 30.0. The zero-order valence-electron chi connectivity index (χ0n) is 23.6. The van der Waals surface area contributed by atoms with E-state index in [2.05, 4.69) is 5.32 Å². The van der Waals surface area contributed by atoms with Gasteiger partial charge in [0.15, 0.2) is 12.0 Å². The van der Waals surface area contributed by atoms with Crippen molar-refractivity contribution in [1.29, 1.82) is 0 Å². The van der Waals surface area contributed by atoms with Crippen LogP contribution >= 0.6 is 11.6 Å². The first-order valence-electron chi connectivity index (χ1n) is 13.7. The van der Waals surface area contributed by atoms with Crippen LogP contribution in [0.1, 0.15) is 48.4 Å². The number of hydrogen-bond donors (Lipinski definition) is 1. The van der Waals surface area contributed by atoms with E-state index in [1.54, 1.807) is 12.1 Å². The summed E-state index contributed by atoms with van der Waals surface area (Å²) in [5, 5.41) is 16.2. The lowest BCUT2D eigenvalue weighted by atomic mass is 9.87. The van der Waals surface area contributed by atoms with Gasteiger partial charge in [0.05, 0.1) is 48.8 Å². The van der Waals surface area contributed by atoms with Crippen LogP contribution in [-0.4, -0.2) is 26.1 Å². The summed E-state index contributed by atoms with van der Waals surface area (Å²) in [4.78, 5) is 24.7. The molecule has 0 radical (unpaired) electrons. The standard InChI is InChI=1S/C33H29ClF2N2O5/c1-42-29-17-28(38(41)18-24(29)32-26(35)13-12-25(34)33(32)36)23-8-3-4-9-30(39)37-27-14-19(15-31(40)43-2)10-11-22(27)20-6-5-7-21(23)16-20/h5-7,10-14,16-18,23H,3-4,8-9,15H2,1-2H3,(H,37,39). The molecule has 7 nitrogen and oxygen atoms in total. The van der Waals surface area contributed by atoms with Crippen molar-refractivity contribution in [2.75, 3.05) is 19.5 Å². The molecule has 4 aromatic rings. The molecule has 10 heteroatoms. The number of methoxy groups -OCH3 is 2. The highest BCUT2D eigenvalue weighted by Gasteiger charge is 2.28. The van der Waals surface area contributed by atoms with Crippen LogP contribution in [0.3, 0.4) is 0 Å². The lowest BCUT2D eigenvalue weighted by molar-refractivity contribution is -0.614. The molecule has 3 aromatic carbocycles. The monoisotopic (exact) mass is 606 g/mol. The lowest BCUT2D eigenvalue weighted by Gasteiger charge is -2.21. The quantitative estimate of drug-likeness (QED) is 0.115. The number of carbonyl (C=O) groups is 2. The number of esters is 1. The van der Waals surface area contributed by atoms with Crippen molar-refractivity contribution in [2.24, 2.45) is 0 Å². The minimum absolute atomic E-state index is 0.0611.